The van der Waals surface area contributed by atoms with Crippen molar-refractivity contribution in [2.45, 2.75) is 20.0 Å². The van der Waals surface area contributed by atoms with Crippen LogP contribution < -0.4 is 5.32 Å². The SMILES string of the molecule is CCOCCOCC(O)CNCC(=O)N(C)CC. The predicted molar refractivity (Wildman–Crippen MR) is 69.5 cm³/mol. The Morgan fingerprint density at radius 2 is 2.00 bits per heavy atom. The van der Waals surface area contributed by atoms with Gasteiger partial charge in [-0.15, -0.1) is 0 Å². The Balaban J connectivity index is 3.41. The van der Waals surface area contributed by atoms with E-state index in [1.54, 1.807) is 11.9 Å². The number of amides is 1. The maximum absolute atomic E-state index is 11.4. The number of aliphatic hydroxyl groups is 1. The Bertz CT molecular complexity index is 214. The number of aliphatic hydroxyl groups excluding tert-OH is 1. The van der Waals surface area contributed by atoms with Crippen LogP contribution in [0.4, 0.5) is 0 Å². The lowest BCUT2D eigenvalue weighted by Gasteiger charge is -2.16. The second-order valence-electron chi connectivity index (χ2n) is 3.96. The topological polar surface area (TPSA) is 71.0 Å². The lowest BCUT2D eigenvalue weighted by Crippen LogP contribution is -2.39. The number of nitrogens with one attached hydrogen (secondary N) is 1. The van der Waals surface area contributed by atoms with Gasteiger partial charge in [0.1, 0.15) is 0 Å². The van der Waals surface area contributed by atoms with Crippen LogP contribution in [0.1, 0.15) is 13.8 Å². The van der Waals surface area contributed by atoms with Crippen LogP contribution in [0.3, 0.4) is 0 Å². The normalized spacial score (nSPS) is 12.4. The van der Waals surface area contributed by atoms with Gasteiger partial charge in [0.2, 0.25) is 5.91 Å². The van der Waals surface area contributed by atoms with E-state index in [4.69, 9.17) is 9.47 Å². The third-order valence-corrected chi connectivity index (χ3v) is 2.44. The van der Waals surface area contributed by atoms with E-state index in [0.29, 0.717) is 32.9 Å². The predicted octanol–water partition coefficient (Wildman–Crippen LogP) is -0.532. The fourth-order valence-electron chi connectivity index (χ4n) is 1.20. The van der Waals surface area contributed by atoms with Crippen molar-refractivity contribution in [3.8, 4) is 0 Å². The van der Waals surface area contributed by atoms with Crippen molar-refractivity contribution in [1.82, 2.24) is 10.2 Å². The zero-order valence-electron chi connectivity index (χ0n) is 11.6. The third kappa shape index (κ3) is 9.35. The molecule has 0 aromatic heterocycles. The van der Waals surface area contributed by atoms with E-state index in [2.05, 4.69) is 5.32 Å². The highest BCUT2D eigenvalue weighted by Crippen LogP contribution is 1.86. The highest BCUT2D eigenvalue weighted by molar-refractivity contribution is 5.77. The Morgan fingerprint density at radius 3 is 2.61 bits per heavy atom. The zero-order chi connectivity index (χ0) is 13.8. The summed E-state index contributed by atoms with van der Waals surface area (Å²) in [4.78, 5) is 13.0. The van der Waals surface area contributed by atoms with E-state index in [9.17, 15) is 9.90 Å². The summed E-state index contributed by atoms with van der Waals surface area (Å²) >= 11 is 0. The van der Waals surface area contributed by atoms with E-state index in [0.717, 1.165) is 0 Å². The summed E-state index contributed by atoms with van der Waals surface area (Å²) < 4.78 is 10.3. The summed E-state index contributed by atoms with van der Waals surface area (Å²) in [6.07, 6.45) is -0.605. The van der Waals surface area contributed by atoms with Gasteiger partial charge < -0.3 is 24.8 Å². The van der Waals surface area contributed by atoms with E-state index in [-0.39, 0.29) is 19.1 Å². The highest BCUT2D eigenvalue weighted by atomic mass is 16.5. The smallest absolute Gasteiger partial charge is 0.236 e. The van der Waals surface area contributed by atoms with Crippen LogP contribution in [0, 0.1) is 0 Å². The number of nitrogens with zero attached hydrogens (tertiary/aromatic N) is 1. The number of carbonyl (C=O) groups is 1. The molecule has 6 nitrogen and oxygen atoms in total. The molecule has 0 radical (unpaired) electrons. The minimum atomic E-state index is -0.605. The summed E-state index contributed by atoms with van der Waals surface area (Å²) in [5, 5.41) is 12.5. The molecule has 0 aliphatic heterocycles. The van der Waals surface area contributed by atoms with E-state index >= 15 is 0 Å². The average Bonchev–Trinajstić information content (AvgIpc) is 2.37. The van der Waals surface area contributed by atoms with Crippen molar-refractivity contribution in [1.29, 1.82) is 0 Å². The molecule has 6 heteroatoms. The second kappa shape index (κ2) is 11.4. The lowest BCUT2D eigenvalue weighted by atomic mass is 10.3. The molecule has 0 aliphatic carbocycles. The van der Waals surface area contributed by atoms with E-state index < -0.39 is 6.10 Å². The van der Waals surface area contributed by atoms with Crippen LogP contribution in [0.5, 0.6) is 0 Å². The Hall–Kier alpha value is -0.690. The Morgan fingerprint density at radius 1 is 1.33 bits per heavy atom. The molecule has 0 spiro atoms. The second-order valence-corrected chi connectivity index (χ2v) is 3.96. The van der Waals surface area contributed by atoms with Crippen LogP contribution >= 0.6 is 0 Å². The van der Waals surface area contributed by atoms with Crippen LogP contribution in [-0.2, 0) is 14.3 Å². The third-order valence-electron chi connectivity index (χ3n) is 2.44. The molecule has 0 saturated heterocycles. The standard InChI is InChI=1S/C12H26N2O4/c1-4-14(3)12(16)9-13-8-11(15)10-18-7-6-17-5-2/h11,13,15H,4-10H2,1-3H3. The first-order valence-corrected chi connectivity index (χ1v) is 6.40. The largest absolute Gasteiger partial charge is 0.389 e. The molecule has 0 bridgehead atoms. The summed E-state index contributed by atoms with van der Waals surface area (Å²) in [6, 6.07) is 0. The summed E-state index contributed by atoms with van der Waals surface area (Å²) in [5.41, 5.74) is 0. The molecule has 0 heterocycles. The maximum Gasteiger partial charge on any atom is 0.236 e. The Kier molecular flexibility index (Phi) is 11.0. The van der Waals surface area contributed by atoms with Crippen molar-refractivity contribution in [2.24, 2.45) is 0 Å². The molecule has 0 aromatic carbocycles. The van der Waals surface area contributed by atoms with Crippen LogP contribution in [0.25, 0.3) is 0 Å². The minimum absolute atomic E-state index is 0.0157. The average molecular weight is 262 g/mol. The Labute approximate surface area is 109 Å². The van der Waals surface area contributed by atoms with Gasteiger partial charge in [0.15, 0.2) is 0 Å². The minimum Gasteiger partial charge on any atom is -0.389 e. The van der Waals surface area contributed by atoms with Crippen molar-refractivity contribution >= 4 is 5.91 Å². The summed E-state index contributed by atoms with van der Waals surface area (Å²) in [5.74, 6) is 0.0157. The molecule has 18 heavy (non-hydrogen) atoms. The molecule has 0 aliphatic rings. The number of rotatable bonds is 11. The van der Waals surface area contributed by atoms with Crippen molar-refractivity contribution in [2.75, 3.05) is 53.1 Å². The molecule has 0 rings (SSSR count). The van der Waals surface area contributed by atoms with Crippen molar-refractivity contribution in [3.05, 3.63) is 0 Å². The first-order chi connectivity index (χ1) is 8.61. The lowest BCUT2D eigenvalue weighted by molar-refractivity contribution is -0.128. The molecule has 0 fully saturated rings. The highest BCUT2D eigenvalue weighted by Gasteiger charge is 2.08. The van der Waals surface area contributed by atoms with Crippen LogP contribution in [-0.4, -0.2) is 75.1 Å². The van der Waals surface area contributed by atoms with Crippen molar-refractivity contribution in [3.63, 3.8) is 0 Å². The number of hydrogen-bond acceptors (Lipinski definition) is 5. The number of hydrogen-bond donors (Lipinski definition) is 2. The van der Waals surface area contributed by atoms with E-state index in [1.807, 2.05) is 13.8 Å². The van der Waals surface area contributed by atoms with Gasteiger partial charge in [-0.3, -0.25) is 4.79 Å². The molecule has 2 N–H and O–H groups in total. The molecule has 108 valence electrons. The quantitative estimate of drug-likeness (QED) is 0.490. The molecule has 1 amide bonds. The fourth-order valence-corrected chi connectivity index (χ4v) is 1.20. The van der Waals surface area contributed by atoms with Crippen LogP contribution in [0.15, 0.2) is 0 Å². The number of likely N-dealkylation sites (N-methyl/N-ethyl adjacent to an activating group) is 1. The molecule has 1 atom stereocenters. The van der Waals surface area contributed by atoms with Gasteiger partial charge in [-0.1, -0.05) is 0 Å². The van der Waals surface area contributed by atoms with Crippen molar-refractivity contribution < 1.29 is 19.4 Å². The van der Waals surface area contributed by atoms with E-state index in [1.165, 1.54) is 0 Å². The van der Waals surface area contributed by atoms with Gasteiger partial charge in [-0.05, 0) is 13.8 Å². The maximum atomic E-state index is 11.4. The summed E-state index contributed by atoms with van der Waals surface area (Å²) in [6.45, 7) is 7.03. The molecular formula is C12H26N2O4. The summed E-state index contributed by atoms with van der Waals surface area (Å²) in [7, 11) is 1.75. The number of ether oxygens (including phenoxy) is 2. The molecule has 1 unspecified atom stereocenters. The molecule has 0 saturated carbocycles. The number of carbonyl (C=O) groups excluding carboxylic acids is 1. The fraction of sp³-hybridized carbons (Fsp3) is 0.917. The molecule has 0 aromatic rings. The van der Waals surface area contributed by atoms with Gasteiger partial charge >= 0.3 is 0 Å². The van der Waals surface area contributed by atoms with Gasteiger partial charge in [0.05, 0.1) is 32.5 Å². The first kappa shape index (κ1) is 17.3. The molecular weight excluding hydrogens is 236 g/mol. The van der Waals surface area contributed by atoms with Gasteiger partial charge in [-0.2, -0.15) is 0 Å². The monoisotopic (exact) mass is 262 g/mol. The first-order valence-electron chi connectivity index (χ1n) is 6.40. The van der Waals surface area contributed by atoms with Gasteiger partial charge in [0.25, 0.3) is 0 Å². The van der Waals surface area contributed by atoms with Gasteiger partial charge in [0, 0.05) is 26.7 Å². The van der Waals surface area contributed by atoms with Gasteiger partial charge in [-0.25, -0.2) is 0 Å². The van der Waals surface area contributed by atoms with Crippen LogP contribution in [0.2, 0.25) is 0 Å². The zero-order valence-corrected chi connectivity index (χ0v) is 11.6.